The van der Waals surface area contributed by atoms with Gasteiger partial charge in [-0.1, -0.05) is 18.2 Å². The molecule has 6 nitrogen and oxygen atoms in total. The van der Waals surface area contributed by atoms with E-state index in [0.717, 1.165) is 11.1 Å². The van der Waals surface area contributed by atoms with Gasteiger partial charge in [-0.3, -0.25) is 4.79 Å². The number of rotatable bonds is 4. The molecule has 1 amide bonds. The van der Waals surface area contributed by atoms with Crippen molar-refractivity contribution >= 4 is 11.9 Å². The van der Waals surface area contributed by atoms with Crippen LogP contribution in [-0.2, 0) is 4.79 Å². The molecule has 0 fully saturated rings. The predicted molar refractivity (Wildman–Crippen MR) is 91.2 cm³/mol. The van der Waals surface area contributed by atoms with Crippen molar-refractivity contribution in [3.05, 3.63) is 58.7 Å². The van der Waals surface area contributed by atoms with E-state index in [2.05, 4.69) is 5.32 Å². The fraction of sp³-hybridized carbons (Fsp3) is 0.263. The third-order valence-corrected chi connectivity index (χ3v) is 4.28. The molecule has 1 unspecified atom stereocenters. The van der Waals surface area contributed by atoms with Gasteiger partial charge in [0.2, 0.25) is 0 Å². The first-order valence-electron chi connectivity index (χ1n) is 7.97. The van der Waals surface area contributed by atoms with Gasteiger partial charge in [-0.25, -0.2) is 4.79 Å². The largest absolute Gasteiger partial charge is 0.486 e. The summed E-state index contributed by atoms with van der Waals surface area (Å²) in [6.45, 7) is 4.63. The Bertz CT molecular complexity index is 831. The maximum absolute atomic E-state index is 12.5. The van der Waals surface area contributed by atoms with Crippen molar-refractivity contribution in [2.75, 3.05) is 13.2 Å². The Kier molecular flexibility index (Phi) is 4.61. The molecule has 1 heterocycles. The van der Waals surface area contributed by atoms with Gasteiger partial charge in [0.15, 0.2) is 17.5 Å². The fourth-order valence-electron chi connectivity index (χ4n) is 2.76. The van der Waals surface area contributed by atoms with Crippen LogP contribution in [0.3, 0.4) is 0 Å². The molecule has 0 aliphatic carbocycles. The van der Waals surface area contributed by atoms with Crippen molar-refractivity contribution in [2.24, 2.45) is 0 Å². The molecule has 0 radical (unpaired) electrons. The van der Waals surface area contributed by atoms with Crippen molar-refractivity contribution in [1.29, 1.82) is 0 Å². The Morgan fingerprint density at radius 3 is 2.52 bits per heavy atom. The van der Waals surface area contributed by atoms with Gasteiger partial charge < -0.3 is 19.9 Å². The Morgan fingerprint density at radius 1 is 1.08 bits per heavy atom. The molecule has 0 bridgehead atoms. The van der Waals surface area contributed by atoms with Crippen LogP contribution in [-0.4, -0.2) is 30.2 Å². The van der Waals surface area contributed by atoms with Gasteiger partial charge in [-0.15, -0.1) is 0 Å². The van der Waals surface area contributed by atoms with E-state index in [1.165, 1.54) is 0 Å². The molecule has 1 aliphatic rings. The monoisotopic (exact) mass is 341 g/mol. The molecule has 130 valence electrons. The number of aliphatic carboxylic acids is 1. The summed E-state index contributed by atoms with van der Waals surface area (Å²) in [4.78, 5) is 24.2. The highest BCUT2D eigenvalue weighted by atomic mass is 16.6. The van der Waals surface area contributed by atoms with Gasteiger partial charge >= 0.3 is 5.97 Å². The second kappa shape index (κ2) is 6.84. The molecule has 2 N–H and O–H groups in total. The first-order valence-corrected chi connectivity index (χ1v) is 7.97. The van der Waals surface area contributed by atoms with E-state index >= 15 is 0 Å². The number of carboxylic acids is 1. The number of carbonyl (C=O) groups excluding carboxylic acids is 1. The Balaban J connectivity index is 1.86. The molecule has 0 spiro atoms. The molecule has 1 aliphatic heterocycles. The summed E-state index contributed by atoms with van der Waals surface area (Å²) in [5.41, 5.74) is 2.70. The van der Waals surface area contributed by atoms with Gasteiger partial charge in [0.1, 0.15) is 13.2 Å². The van der Waals surface area contributed by atoms with Crippen LogP contribution in [0, 0.1) is 13.8 Å². The lowest BCUT2D eigenvalue weighted by Crippen LogP contribution is -2.34. The molecular formula is C19H19NO5. The number of benzene rings is 2. The predicted octanol–water partition coefficient (Wildman–Crippen LogP) is 2.63. The number of hydrogen-bond donors (Lipinski definition) is 2. The second-order valence-corrected chi connectivity index (χ2v) is 5.89. The van der Waals surface area contributed by atoms with E-state index in [9.17, 15) is 14.7 Å². The van der Waals surface area contributed by atoms with Crippen LogP contribution in [0.4, 0.5) is 0 Å². The Morgan fingerprint density at radius 2 is 1.80 bits per heavy atom. The zero-order chi connectivity index (χ0) is 18.0. The first-order chi connectivity index (χ1) is 12.0. The lowest BCUT2D eigenvalue weighted by molar-refractivity contribution is -0.139. The lowest BCUT2D eigenvalue weighted by atomic mass is 9.97. The third kappa shape index (κ3) is 3.42. The standard InChI is InChI=1S/C19H19NO5/c1-11-4-3-5-14(12(11)2)17(19(22)23)20-18(21)13-6-7-15-16(10-13)25-9-8-24-15/h3-7,10,17H,8-9H2,1-2H3,(H,20,21)(H,22,23). The van der Waals surface area contributed by atoms with E-state index in [1.54, 1.807) is 30.3 Å². The van der Waals surface area contributed by atoms with Crippen LogP contribution < -0.4 is 14.8 Å². The fourth-order valence-corrected chi connectivity index (χ4v) is 2.76. The second-order valence-electron chi connectivity index (χ2n) is 5.89. The molecule has 0 saturated carbocycles. The Labute approximate surface area is 145 Å². The van der Waals surface area contributed by atoms with Crippen molar-refractivity contribution in [1.82, 2.24) is 5.32 Å². The number of hydrogen-bond acceptors (Lipinski definition) is 4. The van der Waals surface area contributed by atoms with E-state index in [0.29, 0.717) is 35.8 Å². The smallest absolute Gasteiger partial charge is 0.330 e. The minimum atomic E-state index is -1.12. The Hall–Kier alpha value is -3.02. The molecule has 1 atom stereocenters. The van der Waals surface area contributed by atoms with Gasteiger partial charge in [0, 0.05) is 5.56 Å². The molecule has 25 heavy (non-hydrogen) atoms. The van der Waals surface area contributed by atoms with Crippen LogP contribution in [0.15, 0.2) is 36.4 Å². The summed E-state index contributed by atoms with van der Waals surface area (Å²) in [5, 5.41) is 12.2. The zero-order valence-corrected chi connectivity index (χ0v) is 14.0. The summed E-state index contributed by atoms with van der Waals surface area (Å²) in [6.07, 6.45) is 0. The number of amides is 1. The first kappa shape index (κ1) is 16.8. The molecule has 2 aromatic rings. The van der Waals surface area contributed by atoms with E-state index in [-0.39, 0.29) is 0 Å². The molecule has 0 saturated heterocycles. The van der Waals surface area contributed by atoms with Gasteiger partial charge in [-0.05, 0) is 48.7 Å². The SMILES string of the molecule is Cc1cccc(C(NC(=O)c2ccc3c(c2)OCCO3)C(=O)O)c1C. The summed E-state index contributed by atoms with van der Waals surface area (Å²) >= 11 is 0. The van der Waals surface area contributed by atoms with E-state index < -0.39 is 17.9 Å². The van der Waals surface area contributed by atoms with Crippen molar-refractivity contribution < 1.29 is 24.2 Å². The maximum atomic E-state index is 12.5. The minimum absolute atomic E-state index is 0.320. The van der Waals surface area contributed by atoms with Gasteiger partial charge in [0.05, 0.1) is 0 Å². The van der Waals surface area contributed by atoms with Crippen LogP contribution in [0.25, 0.3) is 0 Å². The summed E-state index contributed by atoms with van der Waals surface area (Å²) < 4.78 is 10.9. The van der Waals surface area contributed by atoms with Crippen LogP contribution in [0.2, 0.25) is 0 Å². The topological polar surface area (TPSA) is 84.9 Å². The molecule has 3 rings (SSSR count). The van der Waals surface area contributed by atoms with Crippen LogP contribution >= 0.6 is 0 Å². The normalized spacial score (nSPS) is 13.8. The molecule has 2 aromatic carbocycles. The van der Waals surface area contributed by atoms with Crippen molar-refractivity contribution in [3.63, 3.8) is 0 Å². The number of aryl methyl sites for hydroxylation is 1. The molecule has 0 aromatic heterocycles. The van der Waals surface area contributed by atoms with E-state index in [1.807, 2.05) is 19.9 Å². The van der Waals surface area contributed by atoms with Gasteiger partial charge in [-0.2, -0.15) is 0 Å². The minimum Gasteiger partial charge on any atom is -0.486 e. The van der Waals surface area contributed by atoms with Gasteiger partial charge in [0.25, 0.3) is 5.91 Å². The number of ether oxygens (including phenoxy) is 2. The maximum Gasteiger partial charge on any atom is 0.330 e. The highest BCUT2D eigenvalue weighted by Crippen LogP contribution is 2.31. The number of nitrogens with one attached hydrogen (secondary N) is 1. The molecule has 6 heteroatoms. The third-order valence-electron chi connectivity index (χ3n) is 4.28. The molecular weight excluding hydrogens is 322 g/mol. The highest BCUT2D eigenvalue weighted by molar-refractivity contribution is 5.97. The number of carbonyl (C=O) groups is 2. The number of carboxylic acid groups (broad SMARTS) is 1. The summed E-state index contributed by atoms with van der Waals surface area (Å²) in [7, 11) is 0. The summed E-state index contributed by atoms with van der Waals surface area (Å²) in [6, 6.07) is 9.07. The van der Waals surface area contributed by atoms with Crippen LogP contribution in [0.5, 0.6) is 11.5 Å². The van der Waals surface area contributed by atoms with Crippen molar-refractivity contribution in [2.45, 2.75) is 19.9 Å². The average Bonchev–Trinajstić information content (AvgIpc) is 2.61. The van der Waals surface area contributed by atoms with Crippen LogP contribution in [0.1, 0.15) is 33.1 Å². The average molecular weight is 341 g/mol. The summed E-state index contributed by atoms with van der Waals surface area (Å²) in [5.74, 6) is -0.533. The lowest BCUT2D eigenvalue weighted by Gasteiger charge is -2.20. The quantitative estimate of drug-likeness (QED) is 0.893. The highest BCUT2D eigenvalue weighted by Gasteiger charge is 2.25. The zero-order valence-electron chi connectivity index (χ0n) is 14.0. The number of fused-ring (bicyclic) bond motifs is 1. The van der Waals surface area contributed by atoms with E-state index in [4.69, 9.17) is 9.47 Å². The van der Waals surface area contributed by atoms with Crippen molar-refractivity contribution in [3.8, 4) is 11.5 Å².